The van der Waals surface area contributed by atoms with Crippen molar-refractivity contribution < 1.29 is 4.39 Å². The third-order valence-corrected chi connectivity index (χ3v) is 4.55. The van der Waals surface area contributed by atoms with E-state index in [1.54, 1.807) is 5.57 Å². The lowest BCUT2D eigenvalue weighted by atomic mass is 9.96. The topological polar surface area (TPSA) is 29.0 Å². The van der Waals surface area contributed by atoms with Gasteiger partial charge < -0.3 is 4.90 Å². The summed E-state index contributed by atoms with van der Waals surface area (Å²) in [4.78, 5) is 10.6. The second-order valence-corrected chi connectivity index (χ2v) is 6.06. The van der Waals surface area contributed by atoms with Gasteiger partial charge in [0, 0.05) is 12.1 Å². The molecule has 1 saturated carbocycles. The molecule has 1 aliphatic carbocycles. The lowest BCUT2D eigenvalue weighted by Crippen LogP contribution is -2.41. The predicted molar refractivity (Wildman–Crippen MR) is 71.3 cm³/mol. The fourth-order valence-corrected chi connectivity index (χ4v) is 3.55. The molecule has 3 heterocycles. The number of aromatic nitrogens is 2. The average molecular weight is 259 g/mol. The molecule has 19 heavy (non-hydrogen) atoms. The molecular weight excluding hydrogens is 241 g/mol. The quantitative estimate of drug-likeness (QED) is 0.764. The van der Waals surface area contributed by atoms with Crippen LogP contribution in [0.2, 0.25) is 0 Å². The fraction of sp³-hybridized carbons (Fsp3) is 0.600. The van der Waals surface area contributed by atoms with Crippen molar-refractivity contribution in [3.63, 3.8) is 0 Å². The minimum absolute atomic E-state index is 0.359. The lowest BCUT2D eigenvalue weighted by molar-refractivity contribution is 0.531. The third-order valence-electron chi connectivity index (χ3n) is 4.55. The van der Waals surface area contributed by atoms with E-state index in [9.17, 15) is 4.39 Å². The Morgan fingerprint density at radius 1 is 1.05 bits per heavy atom. The van der Waals surface area contributed by atoms with Gasteiger partial charge in [-0.2, -0.15) is 0 Å². The molecule has 2 atom stereocenters. The number of fused-ring (bicyclic) bond motifs is 2. The summed E-state index contributed by atoms with van der Waals surface area (Å²) in [5.41, 5.74) is 1.63. The van der Waals surface area contributed by atoms with Gasteiger partial charge in [0.15, 0.2) is 5.82 Å². The standard InChI is InChI=1S/C15H18FN3/c16-12-8-17-15(18-9-12)19-13-3-4-14(19)7-11(6-13)5-10-1-2-10/h5,8-10,13-14H,1-4,6-7H2. The number of rotatable bonds is 2. The van der Waals surface area contributed by atoms with Crippen LogP contribution in [0.5, 0.6) is 0 Å². The molecule has 2 aliphatic heterocycles. The smallest absolute Gasteiger partial charge is 0.225 e. The van der Waals surface area contributed by atoms with Crippen LogP contribution in [-0.2, 0) is 0 Å². The van der Waals surface area contributed by atoms with Crippen molar-refractivity contribution >= 4 is 5.95 Å². The second-order valence-electron chi connectivity index (χ2n) is 6.06. The van der Waals surface area contributed by atoms with Gasteiger partial charge in [-0.1, -0.05) is 11.6 Å². The van der Waals surface area contributed by atoms with E-state index in [-0.39, 0.29) is 5.82 Å². The highest BCUT2D eigenvalue weighted by Gasteiger charge is 2.40. The molecule has 100 valence electrons. The second kappa shape index (κ2) is 4.29. The Morgan fingerprint density at radius 3 is 2.26 bits per heavy atom. The van der Waals surface area contributed by atoms with Crippen molar-refractivity contribution in [3.05, 3.63) is 29.9 Å². The first kappa shape index (κ1) is 11.4. The summed E-state index contributed by atoms with van der Waals surface area (Å²) in [5.74, 6) is 1.21. The molecule has 4 rings (SSSR count). The minimum Gasteiger partial charge on any atom is -0.334 e. The van der Waals surface area contributed by atoms with Gasteiger partial charge in [-0.3, -0.25) is 0 Å². The molecule has 4 heteroatoms. The number of anilines is 1. The number of piperidine rings is 1. The summed E-state index contributed by atoms with van der Waals surface area (Å²) in [6.07, 6.45) is 12.5. The van der Waals surface area contributed by atoms with Crippen LogP contribution in [0.15, 0.2) is 24.0 Å². The largest absolute Gasteiger partial charge is 0.334 e. The molecule has 0 spiro atoms. The van der Waals surface area contributed by atoms with Gasteiger partial charge in [0.1, 0.15) is 0 Å². The Bertz CT molecular complexity index is 491. The van der Waals surface area contributed by atoms with E-state index in [1.807, 2.05) is 0 Å². The molecule has 1 aromatic rings. The lowest BCUT2D eigenvalue weighted by Gasteiger charge is -2.36. The maximum absolute atomic E-state index is 12.9. The van der Waals surface area contributed by atoms with Crippen LogP contribution < -0.4 is 4.90 Å². The molecule has 0 radical (unpaired) electrons. The van der Waals surface area contributed by atoms with Crippen LogP contribution in [0, 0.1) is 11.7 Å². The van der Waals surface area contributed by atoms with Crippen LogP contribution >= 0.6 is 0 Å². The SMILES string of the molecule is Fc1cnc(N2C3CCC2CC(=CC2CC2)C3)nc1. The number of hydrogen-bond acceptors (Lipinski definition) is 3. The first-order valence-electron chi connectivity index (χ1n) is 7.25. The van der Waals surface area contributed by atoms with Crippen molar-refractivity contribution in [3.8, 4) is 0 Å². The summed E-state index contributed by atoms with van der Waals surface area (Å²) in [6, 6.07) is 1.04. The van der Waals surface area contributed by atoms with Crippen molar-refractivity contribution in [1.82, 2.24) is 9.97 Å². The third kappa shape index (κ3) is 2.13. The zero-order chi connectivity index (χ0) is 12.8. The van der Waals surface area contributed by atoms with E-state index < -0.39 is 0 Å². The Hall–Kier alpha value is -1.45. The van der Waals surface area contributed by atoms with E-state index in [4.69, 9.17) is 0 Å². The highest BCUT2D eigenvalue weighted by atomic mass is 19.1. The molecule has 1 aromatic heterocycles. The zero-order valence-corrected chi connectivity index (χ0v) is 10.9. The molecule has 2 bridgehead atoms. The van der Waals surface area contributed by atoms with Crippen LogP contribution in [0.1, 0.15) is 38.5 Å². The Kier molecular flexibility index (Phi) is 2.57. The van der Waals surface area contributed by atoms with E-state index >= 15 is 0 Å². The Morgan fingerprint density at radius 2 is 1.68 bits per heavy atom. The summed E-state index contributed by atoms with van der Waals surface area (Å²) in [7, 11) is 0. The first-order valence-corrected chi connectivity index (χ1v) is 7.25. The molecule has 3 aliphatic rings. The molecule has 2 saturated heterocycles. The van der Waals surface area contributed by atoms with Crippen molar-refractivity contribution in [2.75, 3.05) is 4.90 Å². The van der Waals surface area contributed by atoms with Crippen LogP contribution in [0.3, 0.4) is 0 Å². The van der Waals surface area contributed by atoms with Crippen molar-refractivity contribution in [2.45, 2.75) is 50.6 Å². The number of allylic oxidation sites excluding steroid dienone is 1. The molecule has 0 aromatic carbocycles. The maximum atomic E-state index is 12.9. The summed E-state index contributed by atoms with van der Waals surface area (Å²) in [6.45, 7) is 0. The Labute approximate surface area is 112 Å². The fourth-order valence-electron chi connectivity index (χ4n) is 3.55. The van der Waals surface area contributed by atoms with Gasteiger partial charge >= 0.3 is 0 Å². The van der Waals surface area contributed by atoms with Gasteiger partial charge in [-0.05, 0) is 44.4 Å². The summed E-state index contributed by atoms with van der Waals surface area (Å²) >= 11 is 0. The summed E-state index contributed by atoms with van der Waals surface area (Å²) < 4.78 is 12.9. The van der Waals surface area contributed by atoms with Crippen molar-refractivity contribution in [1.29, 1.82) is 0 Å². The molecule has 3 fully saturated rings. The summed E-state index contributed by atoms with van der Waals surface area (Å²) in [5, 5.41) is 0. The van der Waals surface area contributed by atoms with E-state index in [2.05, 4.69) is 20.9 Å². The monoisotopic (exact) mass is 259 g/mol. The van der Waals surface area contributed by atoms with Gasteiger partial charge in [0.05, 0.1) is 12.4 Å². The van der Waals surface area contributed by atoms with Gasteiger partial charge in [-0.15, -0.1) is 0 Å². The number of hydrogen-bond donors (Lipinski definition) is 0. The van der Waals surface area contributed by atoms with Crippen LogP contribution in [-0.4, -0.2) is 22.1 Å². The predicted octanol–water partition coefficient (Wildman–Crippen LogP) is 3.08. The molecule has 0 N–H and O–H groups in total. The Balaban J connectivity index is 1.57. The van der Waals surface area contributed by atoms with Crippen LogP contribution in [0.4, 0.5) is 10.3 Å². The van der Waals surface area contributed by atoms with Gasteiger partial charge in [-0.25, -0.2) is 14.4 Å². The highest BCUT2D eigenvalue weighted by Crippen LogP contribution is 2.42. The van der Waals surface area contributed by atoms with E-state index in [0.717, 1.165) is 18.8 Å². The number of nitrogens with zero attached hydrogens (tertiary/aromatic N) is 3. The van der Waals surface area contributed by atoms with Gasteiger partial charge in [0.25, 0.3) is 0 Å². The van der Waals surface area contributed by atoms with Crippen LogP contribution in [0.25, 0.3) is 0 Å². The van der Waals surface area contributed by atoms with E-state index in [0.29, 0.717) is 18.0 Å². The molecule has 0 amide bonds. The highest BCUT2D eigenvalue weighted by molar-refractivity contribution is 5.40. The van der Waals surface area contributed by atoms with E-state index in [1.165, 1.54) is 38.1 Å². The molecular formula is C15H18FN3. The first-order chi connectivity index (χ1) is 9.29. The number of halogens is 1. The average Bonchev–Trinajstić information content (AvgIpc) is 3.17. The normalized spacial score (nSPS) is 29.7. The molecule has 3 nitrogen and oxygen atoms in total. The molecule has 2 unspecified atom stereocenters. The zero-order valence-electron chi connectivity index (χ0n) is 10.9. The minimum atomic E-state index is -0.359. The maximum Gasteiger partial charge on any atom is 0.225 e. The van der Waals surface area contributed by atoms with Gasteiger partial charge in [0.2, 0.25) is 5.95 Å². The van der Waals surface area contributed by atoms with Crippen molar-refractivity contribution in [2.24, 2.45) is 5.92 Å².